The fraction of sp³-hybridized carbons (Fsp3) is 0.429. The largest absolute Gasteiger partial charge is 0.481 e. The molecule has 2 heterocycles. The Morgan fingerprint density at radius 3 is 3.00 bits per heavy atom. The zero-order valence-corrected chi connectivity index (χ0v) is 8.03. The molecule has 2 N–H and O–H groups in total. The quantitative estimate of drug-likeness (QED) is 0.620. The summed E-state index contributed by atoms with van der Waals surface area (Å²) in [6.07, 6.45) is 1.76. The molecule has 1 unspecified atom stereocenters. The number of hydrazine groups is 2. The number of amides is 1. The number of nitrogens with one attached hydrogen (secondary N) is 1. The molecule has 1 saturated heterocycles. The lowest BCUT2D eigenvalue weighted by Gasteiger charge is -2.25. The normalized spacial score (nSPS) is 27.0. The van der Waals surface area contributed by atoms with Crippen LogP contribution >= 0.6 is 11.9 Å². The molecule has 2 aliphatic rings. The molecule has 76 valence electrons. The molecule has 0 bridgehead atoms. The van der Waals surface area contributed by atoms with E-state index >= 15 is 0 Å². The van der Waals surface area contributed by atoms with Crippen LogP contribution in [0.5, 0.6) is 0 Å². The van der Waals surface area contributed by atoms with Crippen molar-refractivity contribution in [2.24, 2.45) is 5.92 Å². The number of hydrogen-bond donors (Lipinski definition) is 2. The van der Waals surface area contributed by atoms with Crippen molar-refractivity contribution in [3.63, 3.8) is 0 Å². The van der Waals surface area contributed by atoms with Crippen LogP contribution in [0.1, 0.15) is 6.42 Å². The van der Waals surface area contributed by atoms with E-state index in [2.05, 4.69) is 5.43 Å². The summed E-state index contributed by atoms with van der Waals surface area (Å²) in [6.45, 7) is 0.232. The maximum absolute atomic E-state index is 11.4. The number of carboxylic acids is 1. The minimum absolute atomic E-state index is 0.0775. The third-order valence-electron chi connectivity index (χ3n) is 2.08. The first kappa shape index (κ1) is 9.35. The lowest BCUT2D eigenvalue weighted by atomic mass is 10.1. The van der Waals surface area contributed by atoms with Gasteiger partial charge < -0.3 is 5.11 Å². The van der Waals surface area contributed by atoms with E-state index in [1.165, 1.54) is 21.5 Å². The number of carboxylic acid groups (broad SMARTS) is 1. The molecule has 0 spiro atoms. The lowest BCUT2D eigenvalue weighted by molar-refractivity contribution is -0.141. The van der Waals surface area contributed by atoms with Crippen LogP contribution in [0.3, 0.4) is 0 Å². The van der Waals surface area contributed by atoms with Gasteiger partial charge in [-0.25, -0.2) is 5.01 Å². The molecule has 1 atom stereocenters. The summed E-state index contributed by atoms with van der Waals surface area (Å²) in [6, 6.07) is 0. The Morgan fingerprint density at radius 1 is 1.71 bits per heavy atom. The third kappa shape index (κ3) is 1.55. The SMILES string of the molecule is O=C(O)C1CC(=O)N(N2NC=CS2)C1. The van der Waals surface area contributed by atoms with E-state index in [0.29, 0.717) is 0 Å². The molecule has 0 aromatic rings. The van der Waals surface area contributed by atoms with Crippen molar-refractivity contribution in [2.75, 3.05) is 6.54 Å². The number of carbonyl (C=O) groups excluding carboxylic acids is 1. The van der Waals surface area contributed by atoms with Gasteiger partial charge in [-0.15, -0.1) is 0 Å². The molecule has 14 heavy (non-hydrogen) atoms. The van der Waals surface area contributed by atoms with Crippen LogP contribution in [-0.4, -0.2) is 33.1 Å². The van der Waals surface area contributed by atoms with Crippen LogP contribution in [0.15, 0.2) is 11.6 Å². The Balaban J connectivity index is 2.00. The van der Waals surface area contributed by atoms with Gasteiger partial charge in [0.15, 0.2) is 0 Å². The van der Waals surface area contributed by atoms with Crippen molar-refractivity contribution in [1.82, 2.24) is 15.0 Å². The summed E-state index contributed by atoms with van der Waals surface area (Å²) in [5, 5.41) is 11.9. The van der Waals surface area contributed by atoms with Gasteiger partial charge in [0.1, 0.15) is 0 Å². The van der Waals surface area contributed by atoms with Crippen LogP contribution < -0.4 is 5.43 Å². The molecule has 7 heteroatoms. The van der Waals surface area contributed by atoms with Crippen molar-refractivity contribution in [1.29, 1.82) is 0 Å². The zero-order valence-electron chi connectivity index (χ0n) is 7.21. The first-order valence-corrected chi connectivity index (χ1v) is 4.93. The molecule has 0 radical (unpaired) electrons. The van der Waals surface area contributed by atoms with Crippen LogP contribution in [0.2, 0.25) is 0 Å². The van der Waals surface area contributed by atoms with Gasteiger partial charge in [-0.05, 0) is 11.9 Å². The predicted molar refractivity (Wildman–Crippen MR) is 49.2 cm³/mol. The van der Waals surface area contributed by atoms with Crippen molar-refractivity contribution < 1.29 is 14.7 Å². The van der Waals surface area contributed by atoms with Crippen LogP contribution in [0, 0.1) is 5.92 Å². The first-order chi connectivity index (χ1) is 6.68. The highest BCUT2D eigenvalue weighted by Crippen LogP contribution is 2.25. The van der Waals surface area contributed by atoms with E-state index in [-0.39, 0.29) is 18.9 Å². The Hall–Kier alpha value is -1.21. The van der Waals surface area contributed by atoms with Crippen molar-refractivity contribution in [3.8, 4) is 0 Å². The van der Waals surface area contributed by atoms with Crippen LogP contribution in [0.25, 0.3) is 0 Å². The number of rotatable bonds is 2. The van der Waals surface area contributed by atoms with Gasteiger partial charge >= 0.3 is 5.97 Å². The Kier molecular flexibility index (Phi) is 2.34. The average molecular weight is 215 g/mol. The molecular formula is C7H9N3O3S. The Bertz CT molecular complexity index is 299. The number of nitrogens with zero attached hydrogens (tertiary/aromatic N) is 2. The zero-order chi connectivity index (χ0) is 10.1. The van der Waals surface area contributed by atoms with E-state index in [1.54, 1.807) is 11.6 Å². The third-order valence-corrected chi connectivity index (χ3v) is 2.84. The second-order valence-electron chi connectivity index (χ2n) is 3.03. The maximum atomic E-state index is 11.4. The van der Waals surface area contributed by atoms with Crippen LogP contribution in [-0.2, 0) is 9.59 Å². The number of carbonyl (C=O) groups is 2. The topological polar surface area (TPSA) is 72.9 Å². The highest BCUT2D eigenvalue weighted by Gasteiger charge is 2.38. The monoisotopic (exact) mass is 215 g/mol. The molecule has 0 aromatic carbocycles. The van der Waals surface area contributed by atoms with Gasteiger partial charge in [-0.1, -0.05) is 4.52 Å². The molecule has 0 aromatic heterocycles. The van der Waals surface area contributed by atoms with Gasteiger partial charge in [0.25, 0.3) is 0 Å². The summed E-state index contributed by atoms with van der Waals surface area (Å²) >= 11 is 1.31. The first-order valence-electron chi connectivity index (χ1n) is 4.09. The minimum Gasteiger partial charge on any atom is -0.481 e. The Morgan fingerprint density at radius 2 is 2.50 bits per heavy atom. The van der Waals surface area contributed by atoms with Gasteiger partial charge in [-0.2, -0.15) is 0 Å². The minimum atomic E-state index is -0.919. The summed E-state index contributed by atoms with van der Waals surface area (Å²) in [5.74, 6) is -1.68. The average Bonchev–Trinajstić information content (AvgIpc) is 2.71. The molecule has 0 saturated carbocycles. The number of hydrogen-bond acceptors (Lipinski definition) is 5. The summed E-state index contributed by atoms with van der Waals surface area (Å²) in [4.78, 5) is 22.1. The molecule has 1 amide bonds. The van der Waals surface area contributed by atoms with Crippen LogP contribution in [0.4, 0.5) is 0 Å². The van der Waals surface area contributed by atoms with E-state index < -0.39 is 11.9 Å². The fourth-order valence-electron chi connectivity index (χ4n) is 1.37. The molecule has 1 fully saturated rings. The molecule has 2 aliphatic heterocycles. The molecular weight excluding hydrogens is 206 g/mol. The molecule has 6 nitrogen and oxygen atoms in total. The van der Waals surface area contributed by atoms with Crippen molar-refractivity contribution >= 4 is 23.8 Å². The van der Waals surface area contributed by atoms with Gasteiger partial charge in [0.2, 0.25) is 5.91 Å². The highest BCUT2D eigenvalue weighted by molar-refractivity contribution is 8.00. The van der Waals surface area contributed by atoms with Gasteiger partial charge in [0, 0.05) is 18.0 Å². The highest BCUT2D eigenvalue weighted by atomic mass is 32.2. The van der Waals surface area contributed by atoms with Gasteiger partial charge in [0.05, 0.1) is 12.5 Å². The van der Waals surface area contributed by atoms with E-state index in [1.807, 2.05) is 0 Å². The maximum Gasteiger partial charge on any atom is 0.308 e. The fourth-order valence-corrected chi connectivity index (χ4v) is 2.00. The Labute approximate surface area is 84.6 Å². The van der Waals surface area contributed by atoms with E-state index in [4.69, 9.17) is 5.11 Å². The summed E-state index contributed by atoms with van der Waals surface area (Å²) < 4.78 is 1.53. The summed E-state index contributed by atoms with van der Waals surface area (Å²) in [7, 11) is 0. The molecule has 2 rings (SSSR count). The van der Waals surface area contributed by atoms with Gasteiger partial charge in [-0.3, -0.25) is 15.0 Å². The van der Waals surface area contributed by atoms with Crippen molar-refractivity contribution in [3.05, 3.63) is 11.6 Å². The van der Waals surface area contributed by atoms with E-state index in [0.717, 1.165) is 0 Å². The van der Waals surface area contributed by atoms with Crippen molar-refractivity contribution in [2.45, 2.75) is 6.42 Å². The lowest BCUT2D eigenvalue weighted by Crippen LogP contribution is -2.43. The standard InChI is InChI=1S/C7H9N3O3S/c11-6-3-5(7(12)13)4-9(6)10-8-1-2-14-10/h1-2,5,8H,3-4H2,(H,12,13). The van der Waals surface area contributed by atoms with E-state index in [9.17, 15) is 9.59 Å². The summed E-state index contributed by atoms with van der Waals surface area (Å²) in [5.41, 5.74) is 2.82. The molecule has 0 aliphatic carbocycles. The predicted octanol–water partition coefficient (Wildman–Crippen LogP) is -0.226. The number of aliphatic carboxylic acids is 1. The smallest absolute Gasteiger partial charge is 0.308 e. The second kappa shape index (κ2) is 3.50. The second-order valence-corrected chi connectivity index (χ2v) is 3.85.